The van der Waals surface area contributed by atoms with Gasteiger partial charge in [-0.3, -0.25) is 0 Å². The summed E-state index contributed by atoms with van der Waals surface area (Å²) >= 11 is 9.28. The van der Waals surface area contributed by atoms with Gasteiger partial charge in [0.1, 0.15) is 22.1 Å². The second-order valence-corrected chi connectivity index (χ2v) is 5.39. The minimum Gasteiger partial charge on any atom is -0.495 e. The molecule has 106 valence electrons. The maximum Gasteiger partial charge on any atom is 0.142 e. The Bertz CT molecular complexity index is 599. The van der Waals surface area contributed by atoms with Crippen LogP contribution in [0.5, 0.6) is 11.5 Å². The van der Waals surface area contributed by atoms with Crippen LogP contribution in [-0.4, -0.2) is 19.3 Å². The van der Waals surface area contributed by atoms with E-state index in [0.717, 1.165) is 5.56 Å². The van der Waals surface area contributed by atoms with Crippen LogP contribution in [0.1, 0.15) is 17.2 Å². The summed E-state index contributed by atoms with van der Waals surface area (Å²) in [6.07, 6.45) is -0.801. The Balaban J connectivity index is 2.46. The number of rotatable bonds is 4. The Morgan fingerprint density at radius 2 is 1.70 bits per heavy atom. The number of aliphatic hydroxyl groups excluding tert-OH is 1. The Kier molecular flexibility index (Phi) is 4.91. The van der Waals surface area contributed by atoms with Crippen molar-refractivity contribution >= 4 is 27.5 Å². The average molecular weight is 358 g/mol. The van der Waals surface area contributed by atoms with E-state index in [1.807, 2.05) is 0 Å². The first-order chi connectivity index (χ1) is 9.58. The molecular formula is C15H14BrClO3. The Labute approximate surface area is 131 Å². The standard InChI is InChI=1S/C15H14BrClO3/c1-19-12-8-7-11(15(20-2)13(12)16)14(18)9-3-5-10(17)6-4-9/h3-8,14,18H,1-2H3. The lowest BCUT2D eigenvalue weighted by atomic mass is 10.0. The minimum atomic E-state index is -0.801. The minimum absolute atomic E-state index is 0.548. The molecule has 0 bridgehead atoms. The fraction of sp³-hybridized carbons (Fsp3) is 0.200. The van der Waals surface area contributed by atoms with Crippen LogP contribution in [0.2, 0.25) is 5.02 Å². The predicted octanol–water partition coefficient (Wildman–Crippen LogP) is 4.20. The Morgan fingerprint density at radius 3 is 2.25 bits per heavy atom. The third-order valence-electron chi connectivity index (χ3n) is 3.00. The molecule has 0 aromatic heterocycles. The molecule has 1 unspecified atom stereocenters. The highest BCUT2D eigenvalue weighted by Gasteiger charge is 2.20. The van der Waals surface area contributed by atoms with Crippen molar-refractivity contribution < 1.29 is 14.6 Å². The highest BCUT2D eigenvalue weighted by atomic mass is 79.9. The van der Waals surface area contributed by atoms with Gasteiger partial charge < -0.3 is 14.6 Å². The van der Waals surface area contributed by atoms with Crippen LogP contribution >= 0.6 is 27.5 Å². The molecular weight excluding hydrogens is 344 g/mol. The van der Waals surface area contributed by atoms with Crippen LogP contribution in [0.25, 0.3) is 0 Å². The molecule has 0 aliphatic rings. The van der Waals surface area contributed by atoms with Crippen LogP contribution in [0, 0.1) is 0 Å². The summed E-state index contributed by atoms with van der Waals surface area (Å²) in [5.74, 6) is 1.20. The average Bonchev–Trinajstić information content (AvgIpc) is 2.47. The fourth-order valence-electron chi connectivity index (χ4n) is 1.96. The molecule has 0 spiro atoms. The number of benzene rings is 2. The van der Waals surface area contributed by atoms with Crippen molar-refractivity contribution in [3.63, 3.8) is 0 Å². The summed E-state index contributed by atoms with van der Waals surface area (Å²) in [6.45, 7) is 0. The van der Waals surface area contributed by atoms with E-state index in [9.17, 15) is 5.11 Å². The number of ether oxygens (including phenoxy) is 2. The van der Waals surface area contributed by atoms with Crippen molar-refractivity contribution in [1.82, 2.24) is 0 Å². The number of aliphatic hydroxyl groups is 1. The van der Waals surface area contributed by atoms with E-state index in [2.05, 4.69) is 15.9 Å². The molecule has 0 aliphatic carbocycles. The van der Waals surface area contributed by atoms with Crippen LogP contribution in [0.3, 0.4) is 0 Å². The first-order valence-corrected chi connectivity index (χ1v) is 7.09. The smallest absolute Gasteiger partial charge is 0.142 e. The number of hydrogen-bond donors (Lipinski definition) is 1. The van der Waals surface area contributed by atoms with Gasteiger partial charge in [-0.05, 0) is 45.8 Å². The number of methoxy groups -OCH3 is 2. The normalized spacial score (nSPS) is 12.1. The van der Waals surface area contributed by atoms with E-state index in [1.165, 1.54) is 0 Å². The highest BCUT2D eigenvalue weighted by molar-refractivity contribution is 9.10. The van der Waals surface area contributed by atoms with Crippen molar-refractivity contribution in [3.05, 3.63) is 57.0 Å². The molecule has 2 aromatic rings. The van der Waals surface area contributed by atoms with E-state index in [0.29, 0.717) is 26.6 Å². The summed E-state index contributed by atoms with van der Waals surface area (Å²) in [5, 5.41) is 11.1. The molecule has 0 amide bonds. The molecule has 5 heteroatoms. The van der Waals surface area contributed by atoms with Crippen LogP contribution in [0.4, 0.5) is 0 Å². The molecule has 1 N–H and O–H groups in total. The van der Waals surface area contributed by atoms with Gasteiger partial charge in [-0.25, -0.2) is 0 Å². The largest absolute Gasteiger partial charge is 0.495 e. The van der Waals surface area contributed by atoms with Crippen molar-refractivity contribution in [2.75, 3.05) is 14.2 Å². The van der Waals surface area contributed by atoms with Crippen LogP contribution in [-0.2, 0) is 0 Å². The lowest BCUT2D eigenvalue weighted by Gasteiger charge is -2.18. The molecule has 20 heavy (non-hydrogen) atoms. The lowest BCUT2D eigenvalue weighted by Crippen LogP contribution is -2.03. The molecule has 0 aliphatic heterocycles. The molecule has 2 aromatic carbocycles. The first-order valence-electron chi connectivity index (χ1n) is 5.92. The maximum absolute atomic E-state index is 10.5. The van der Waals surface area contributed by atoms with Crippen molar-refractivity contribution in [3.8, 4) is 11.5 Å². The van der Waals surface area contributed by atoms with Gasteiger partial charge in [0.25, 0.3) is 0 Å². The number of hydrogen-bond acceptors (Lipinski definition) is 3. The van der Waals surface area contributed by atoms with E-state index in [4.69, 9.17) is 21.1 Å². The van der Waals surface area contributed by atoms with E-state index < -0.39 is 6.10 Å². The first kappa shape index (κ1) is 15.2. The zero-order valence-corrected chi connectivity index (χ0v) is 13.4. The second kappa shape index (κ2) is 6.48. The summed E-state index contributed by atoms with van der Waals surface area (Å²) < 4.78 is 11.3. The van der Waals surface area contributed by atoms with Crippen LogP contribution < -0.4 is 9.47 Å². The summed E-state index contributed by atoms with van der Waals surface area (Å²) in [4.78, 5) is 0. The number of halogens is 2. The van der Waals surface area contributed by atoms with Crippen LogP contribution in [0.15, 0.2) is 40.9 Å². The second-order valence-electron chi connectivity index (χ2n) is 4.16. The lowest BCUT2D eigenvalue weighted by molar-refractivity contribution is 0.214. The third-order valence-corrected chi connectivity index (χ3v) is 4.00. The fourth-order valence-corrected chi connectivity index (χ4v) is 2.77. The molecule has 1 atom stereocenters. The zero-order valence-electron chi connectivity index (χ0n) is 11.1. The van der Waals surface area contributed by atoms with Gasteiger partial charge in [-0.15, -0.1) is 0 Å². The quantitative estimate of drug-likeness (QED) is 0.891. The molecule has 3 nitrogen and oxygen atoms in total. The Hall–Kier alpha value is -1.23. The monoisotopic (exact) mass is 356 g/mol. The van der Waals surface area contributed by atoms with Crippen molar-refractivity contribution in [2.45, 2.75) is 6.10 Å². The molecule has 0 saturated heterocycles. The maximum atomic E-state index is 10.5. The SMILES string of the molecule is COc1ccc(C(O)c2ccc(Cl)cc2)c(OC)c1Br. The predicted molar refractivity (Wildman–Crippen MR) is 82.8 cm³/mol. The van der Waals surface area contributed by atoms with Gasteiger partial charge in [0.05, 0.1) is 14.2 Å². The summed E-state index contributed by atoms with van der Waals surface area (Å²) in [7, 11) is 3.13. The van der Waals surface area contributed by atoms with Crippen molar-refractivity contribution in [1.29, 1.82) is 0 Å². The van der Waals surface area contributed by atoms with Gasteiger partial charge in [0.15, 0.2) is 0 Å². The molecule has 0 heterocycles. The molecule has 0 fully saturated rings. The van der Waals surface area contributed by atoms with Gasteiger partial charge in [-0.2, -0.15) is 0 Å². The molecule has 0 radical (unpaired) electrons. The van der Waals surface area contributed by atoms with Gasteiger partial charge in [-0.1, -0.05) is 23.7 Å². The molecule has 2 rings (SSSR count). The summed E-state index contributed by atoms with van der Waals surface area (Å²) in [6, 6.07) is 10.6. The van der Waals surface area contributed by atoms with Crippen molar-refractivity contribution in [2.24, 2.45) is 0 Å². The molecule has 0 saturated carbocycles. The topological polar surface area (TPSA) is 38.7 Å². The zero-order chi connectivity index (χ0) is 14.7. The van der Waals surface area contributed by atoms with Gasteiger partial charge in [0.2, 0.25) is 0 Å². The van der Waals surface area contributed by atoms with E-state index in [-0.39, 0.29) is 0 Å². The summed E-state index contributed by atoms with van der Waals surface area (Å²) in [5.41, 5.74) is 1.40. The highest BCUT2D eigenvalue weighted by Crippen LogP contribution is 2.41. The van der Waals surface area contributed by atoms with Gasteiger partial charge in [0, 0.05) is 10.6 Å². The van der Waals surface area contributed by atoms with E-state index >= 15 is 0 Å². The Morgan fingerprint density at radius 1 is 1.05 bits per heavy atom. The third kappa shape index (κ3) is 2.92. The van der Waals surface area contributed by atoms with E-state index in [1.54, 1.807) is 50.6 Å². The van der Waals surface area contributed by atoms with Gasteiger partial charge >= 0.3 is 0 Å².